The van der Waals surface area contributed by atoms with Gasteiger partial charge in [0.25, 0.3) is 5.91 Å². The normalized spacial score (nSPS) is 11.7. The predicted octanol–water partition coefficient (Wildman–Crippen LogP) is 2.15. The molecule has 0 fully saturated rings. The van der Waals surface area contributed by atoms with Crippen molar-refractivity contribution < 1.29 is 19.3 Å². The number of anilines is 1. The Morgan fingerprint density at radius 1 is 1.04 bits per heavy atom. The Bertz CT molecular complexity index is 914. The number of thioether (sulfide) groups is 1. The van der Waals surface area contributed by atoms with E-state index >= 15 is 0 Å². The number of benzene rings is 2. The van der Waals surface area contributed by atoms with Crippen molar-refractivity contribution in [2.24, 2.45) is 5.73 Å². The van der Waals surface area contributed by atoms with Crippen LogP contribution in [0.2, 0.25) is 0 Å². The van der Waals surface area contributed by atoms with Gasteiger partial charge in [0.2, 0.25) is 5.91 Å². The summed E-state index contributed by atoms with van der Waals surface area (Å²) in [5.74, 6) is 0.410. The van der Waals surface area contributed by atoms with E-state index in [0.29, 0.717) is 5.69 Å². The number of quaternary nitrogens is 1. The zero-order valence-corrected chi connectivity index (χ0v) is 16.0. The van der Waals surface area contributed by atoms with E-state index in [-0.39, 0.29) is 24.2 Å². The molecule has 1 atom stereocenters. The Balaban J connectivity index is 1.65. The van der Waals surface area contributed by atoms with Crippen LogP contribution in [0, 0.1) is 0 Å². The molecule has 0 unspecified atom stereocenters. The third-order valence-corrected chi connectivity index (χ3v) is 5.17. The Morgan fingerprint density at radius 2 is 1.79 bits per heavy atom. The molecule has 0 saturated heterocycles. The summed E-state index contributed by atoms with van der Waals surface area (Å²) >= 11 is 1.30. The van der Waals surface area contributed by atoms with Gasteiger partial charge in [0.1, 0.15) is 0 Å². The van der Waals surface area contributed by atoms with Crippen LogP contribution in [0.4, 0.5) is 5.69 Å². The number of para-hydroxylation sites is 1. The molecule has 28 heavy (non-hydrogen) atoms. The summed E-state index contributed by atoms with van der Waals surface area (Å²) < 4.78 is 5.56. The lowest BCUT2D eigenvalue weighted by molar-refractivity contribution is -0.678. The summed E-state index contributed by atoms with van der Waals surface area (Å²) in [5, 5.41) is 4.85. The van der Waals surface area contributed by atoms with Gasteiger partial charge in [0.15, 0.2) is 18.3 Å². The van der Waals surface area contributed by atoms with Crippen LogP contribution < -0.4 is 16.4 Å². The molecule has 144 valence electrons. The van der Waals surface area contributed by atoms with Crippen LogP contribution in [0.1, 0.15) is 17.4 Å². The van der Waals surface area contributed by atoms with Gasteiger partial charge >= 0.3 is 0 Å². The quantitative estimate of drug-likeness (QED) is 0.482. The van der Waals surface area contributed by atoms with E-state index in [1.54, 1.807) is 6.26 Å². The van der Waals surface area contributed by atoms with Gasteiger partial charge in [-0.3, -0.25) is 9.59 Å². The van der Waals surface area contributed by atoms with Gasteiger partial charge in [0.05, 0.1) is 17.7 Å². The molecule has 0 saturated carbocycles. The third-order valence-electron chi connectivity index (χ3n) is 4.08. The number of hydrogen-bond donors (Lipinski definition) is 3. The molecular formula is C21H22N3O3S+. The first kappa shape index (κ1) is 19.7. The summed E-state index contributed by atoms with van der Waals surface area (Å²) in [7, 11) is 0. The molecule has 1 aromatic heterocycles. The molecule has 0 spiro atoms. The average molecular weight is 396 g/mol. The molecule has 1 heterocycles. The van der Waals surface area contributed by atoms with Gasteiger partial charge in [-0.15, -0.1) is 11.8 Å². The molecule has 7 heteroatoms. The lowest BCUT2D eigenvalue weighted by atomic mass is 10.0. The number of nitrogens with one attached hydrogen (secondary N) is 1. The van der Waals surface area contributed by atoms with E-state index < -0.39 is 5.91 Å². The highest BCUT2D eigenvalue weighted by atomic mass is 32.2. The van der Waals surface area contributed by atoms with Gasteiger partial charge < -0.3 is 20.8 Å². The van der Waals surface area contributed by atoms with Crippen LogP contribution in [0.15, 0.2) is 82.3 Å². The van der Waals surface area contributed by atoms with Gasteiger partial charge in [0, 0.05) is 10.5 Å². The van der Waals surface area contributed by atoms with Crippen LogP contribution in [0.5, 0.6) is 0 Å². The van der Waals surface area contributed by atoms with Crippen molar-refractivity contribution in [3.63, 3.8) is 0 Å². The molecule has 2 amide bonds. The number of primary amides is 1. The van der Waals surface area contributed by atoms with Crippen LogP contribution in [-0.2, 0) is 9.59 Å². The number of furan rings is 1. The zero-order chi connectivity index (χ0) is 19.8. The second-order valence-corrected chi connectivity index (χ2v) is 7.16. The van der Waals surface area contributed by atoms with Crippen molar-refractivity contribution in [2.75, 3.05) is 17.6 Å². The van der Waals surface area contributed by atoms with Crippen molar-refractivity contribution in [3.8, 4) is 0 Å². The van der Waals surface area contributed by atoms with Crippen molar-refractivity contribution in [1.82, 2.24) is 0 Å². The number of carbonyl (C=O) groups excluding carboxylic acids is 2. The van der Waals surface area contributed by atoms with Crippen LogP contribution in [0.3, 0.4) is 0 Å². The number of nitrogens with two attached hydrogens (primary N) is 2. The predicted molar refractivity (Wildman–Crippen MR) is 109 cm³/mol. The maximum atomic E-state index is 12.5. The van der Waals surface area contributed by atoms with Crippen molar-refractivity contribution >= 4 is 29.3 Å². The van der Waals surface area contributed by atoms with Crippen LogP contribution in [-0.4, -0.2) is 24.1 Å². The highest BCUT2D eigenvalue weighted by Gasteiger charge is 2.21. The van der Waals surface area contributed by atoms with Gasteiger partial charge in [-0.2, -0.15) is 0 Å². The van der Waals surface area contributed by atoms with Gasteiger partial charge in [-0.05, 0) is 24.3 Å². The van der Waals surface area contributed by atoms with Crippen LogP contribution >= 0.6 is 11.8 Å². The summed E-state index contributed by atoms with van der Waals surface area (Å²) in [5.41, 5.74) is 6.94. The minimum absolute atomic E-state index is 0.110. The average Bonchev–Trinajstić information content (AvgIpc) is 3.23. The lowest BCUT2D eigenvalue weighted by Crippen LogP contribution is -2.87. The fourth-order valence-electron chi connectivity index (χ4n) is 2.82. The Morgan fingerprint density at radius 3 is 2.50 bits per heavy atom. The van der Waals surface area contributed by atoms with Crippen molar-refractivity contribution in [1.29, 1.82) is 0 Å². The largest absolute Gasteiger partial charge is 0.463 e. The smallest absolute Gasteiger partial charge is 0.279 e. The van der Waals surface area contributed by atoms with Gasteiger partial charge in [-0.25, -0.2) is 0 Å². The molecule has 6 nitrogen and oxygen atoms in total. The molecule has 5 N–H and O–H groups in total. The maximum absolute atomic E-state index is 12.5. The van der Waals surface area contributed by atoms with Crippen LogP contribution in [0.25, 0.3) is 0 Å². The second-order valence-electron chi connectivity index (χ2n) is 6.14. The number of hydrogen-bond acceptors (Lipinski definition) is 4. The van der Waals surface area contributed by atoms with E-state index in [1.165, 1.54) is 11.8 Å². The topological polar surface area (TPSA) is 102 Å². The maximum Gasteiger partial charge on any atom is 0.279 e. The summed E-state index contributed by atoms with van der Waals surface area (Å²) in [6.07, 6.45) is 1.63. The zero-order valence-electron chi connectivity index (χ0n) is 15.2. The highest BCUT2D eigenvalue weighted by Crippen LogP contribution is 2.26. The monoisotopic (exact) mass is 396 g/mol. The second kappa shape index (κ2) is 9.77. The minimum Gasteiger partial charge on any atom is -0.463 e. The third kappa shape index (κ3) is 5.48. The lowest BCUT2D eigenvalue weighted by Gasteiger charge is -2.14. The van der Waals surface area contributed by atoms with E-state index in [2.05, 4.69) is 5.32 Å². The Kier molecular flexibility index (Phi) is 6.89. The van der Waals surface area contributed by atoms with E-state index in [4.69, 9.17) is 10.2 Å². The summed E-state index contributed by atoms with van der Waals surface area (Å²) in [4.78, 5) is 24.4. The van der Waals surface area contributed by atoms with E-state index in [0.717, 1.165) is 16.2 Å². The molecular weight excluding hydrogens is 374 g/mol. The summed E-state index contributed by atoms with van der Waals surface area (Å²) in [6.45, 7) is 0.217. The first-order chi connectivity index (χ1) is 13.6. The highest BCUT2D eigenvalue weighted by molar-refractivity contribution is 8.00. The Hall–Kier alpha value is -3.03. The number of carbonyl (C=O) groups is 2. The molecule has 0 aliphatic carbocycles. The van der Waals surface area contributed by atoms with Gasteiger partial charge in [-0.1, -0.05) is 42.5 Å². The molecule has 3 aromatic rings. The van der Waals surface area contributed by atoms with Crippen molar-refractivity contribution in [2.45, 2.75) is 10.9 Å². The SMILES string of the molecule is NC(=O)CSc1ccccc1NC(=O)C[NH2+][C@@H](c1ccccc1)c1ccco1. The number of rotatable bonds is 9. The summed E-state index contributed by atoms with van der Waals surface area (Å²) in [6, 6.07) is 20.9. The first-order valence-electron chi connectivity index (χ1n) is 8.85. The fourth-order valence-corrected chi connectivity index (χ4v) is 3.56. The minimum atomic E-state index is -0.399. The number of amides is 2. The molecule has 3 rings (SSSR count). The fraction of sp³-hybridized carbons (Fsp3) is 0.143. The molecule has 0 aliphatic rings. The standard InChI is InChI=1S/C21H21N3O3S/c22-19(25)14-28-18-11-5-4-9-16(18)24-20(26)13-23-21(17-10-6-12-27-17)15-7-2-1-3-8-15/h1-12,21,23H,13-14H2,(H2,22,25)(H,24,26)/p+1/t21-/m0/s1. The molecule has 0 bridgehead atoms. The van der Waals surface area contributed by atoms with E-state index in [1.807, 2.05) is 72.0 Å². The molecule has 0 aliphatic heterocycles. The molecule has 0 radical (unpaired) electrons. The first-order valence-corrected chi connectivity index (χ1v) is 9.83. The van der Waals surface area contributed by atoms with E-state index in [9.17, 15) is 9.59 Å². The Labute approximate surface area is 167 Å². The molecule has 2 aromatic carbocycles. The van der Waals surface area contributed by atoms with Crippen molar-refractivity contribution in [3.05, 3.63) is 84.3 Å².